The van der Waals surface area contributed by atoms with E-state index in [1.54, 1.807) is 34.9 Å². The first-order chi connectivity index (χ1) is 22.5. The van der Waals surface area contributed by atoms with Crippen molar-refractivity contribution in [2.75, 3.05) is 66.3 Å². The minimum absolute atomic E-state index is 0.0444. The van der Waals surface area contributed by atoms with Crippen LogP contribution in [0.5, 0.6) is 0 Å². The molecule has 260 valence electrons. The van der Waals surface area contributed by atoms with Crippen LogP contribution in [0.3, 0.4) is 0 Å². The predicted octanol–water partition coefficient (Wildman–Crippen LogP) is 2.46. The molecule has 0 bridgehead atoms. The fourth-order valence-electron chi connectivity index (χ4n) is 6.38. The van der Waals surface area contributed by atoms with Gasteiger partial charge in [0.1, 0.15) is 12.1 Å². The van der Waals surface area contributed by atoms with Crippen LogP contribution in [0, 0.1) is 18.7 Å². The molecule has 3 N–H and O–H groups in total. The van der Waals surface area contributed by atoms with Crippen molar-refractivity contribution in [1.29, 1.82) is 0 Å². The maximum atomic E-state index is 15.3. The van der Waals surface area contributed by atoms with E-state index in [-0.39, 0.29) is 57.1 Å². The Kier molecular flexibility index (Phi) is 13.0. The Morgan fingerprint density at radius 1 is 1.00 bits per heavy atom. The molecule has 0 unspecified atom stereocenters. The van der Waals surface area contributed by atoms with Crippen LogP contribution in [0.15, 0.2) is 18.2 Å². The number of aromatic nitrogens is 1. The number of hydrogen-bond donors (Lipinski definition) is 3. The number of fused-ring (bicyclic) bond motifs is 1. The van der Waals surface area contributed by atoms with Gasteiger partial charge in [-0.15, -0.1) is 0 Å². The first-order valence-corrected chi connectivity index (χ1v) is 16.4. The van der Waals surface area contributed by atoms with E-state index in [9.17, 15) is 24.3 Å². The van der Waals surface area contributed by atoms with Crippen molar-refractivity contribution in [3.05, 3.63) is 35.3 Å². The maximum Gasteiger partial charge on any atom is 0.407 e. The number of ether oxygens (including phenoxy) is 2. The van der Waals surface area contributed by atoms with E-state index in [0.29, 0.717) is 48.5 Å². The van der Waals surface area contributed by atoms with Gasteiger partial charge in [0.15, 0.2) is 5.82 Å². The second-order valence-electron chi connectivity index (χ2n) is 12.3. The normalized spacial score (nSPS) is 17.0. The molecule has 1 saturated carbocycles. The molecule has 1 aromatic carbocycles. The third kappa shape index (κ3) is 8.79. The summed E-state index contributed by atoms with van der Waals surface area (Å²) in [6.07, 6.45) is 3.35. The lowest BCUT2D eigenvalue weighted by Gasteiger charge is -2.39. The lowest BCUT2D eigenvalue weighted by Crippen LogP contribution is -2.59. The Hall–Kier alpha value is -3.75. The van der Waals surface area contributed by atoms with E-state index < -0.39 is 29.9 Å². The number of carbonyl (C=O) groups excluding carboxylic acids is 3. The molecule has 1 aliphatic heterocycles. The standard InChI is InChI=1S/C33H48FN5O8/c1-22-28(34)26-21-25(9-10-27(26)39(22)15-17-46-19-20-47-18-16-40)31(42)37-11-13-38(14-12-37)32(43)29(24-7-5-4-6-8-24)35-30(41)23(2)36(3)33(44)45/h9-10,21,23-24,29,40H,4-8,11-20H2,1-3H3,(H,35,41)(H,44,45)/t23-,29-/m0/s1. The monoisotopic (exact) mass is 661 g/mol. The molecule has 2 aliphatic rings. The quantitative estimate of drug-likeness (QED) is 0.261. The lowest BCUT2D eigenvalue weighted by molar-refractivity contribution is -0.140. The number of benzene rings is 1. The molecule has 13 nitrogen and oxygen atoms in total. The van der Waals surface area contributed by atoms with Crippen LogP contribution >= 0.6 is 0 Å². The maximum absolute atomic E-state index is 15.3. The highest BCUT2D eigenvalue weighted by atomic mass is 19.1. The third-order valence-corrected chi connectivity index (χ3v) is 9.39. The Morgan fingerprint density at radius 2 is 1.64 bits per heavy atom. The highest BCUT2D eigenvalue weighted by molar-refractivity contribution is 5.99. The van der Waals surface area contributed by atoms with E-state index in [4.69, 9.17) is 14.6 Å². The summed E-state index contributed by atoms with van der Waals surface area (Å²) in [5.41, 5.74) is 1.46. The Balaban J connectivity index is 1.38. The number of halogens is 1. The van der Waals surface area contributed by atoms with Crippen molar-refractivity contribution >= 4 is 34.7 Å². The molecule has 1 aromatic heterocycles. The summed E-state index contributed by atoms with van der Waals surface area (Å²) >= 11 is 0. The smallest absolute Gasteiger partial charge is 0.407 e. The molecule has 2 heterocycles. The summed E-state index contributed by atoms with van der Waals surface area (Å²) in [4.78, 5) is 55.9. The first-order valence-electron chi connectivity index (χ1n) is 16.4. The fraction of sp³-hybridized carbons (Fsp3) is 0.636. The Morgan fingerprint density at radius 3 is 2.28 bits per heavy atom. The van der Waals surface area contributed by atoms with Crippen LogP contribution in [0.25, 0.3) is 10.9 Å². The molecule has 1 aliphatic carbocycles. The summed E-state index contributed by atoms with van der Waals surface area (Å²) in [5.74, 6) is -1.43. The number of piperazine rings is 1. The molecule has 2 atom stereocenters. The lowest BCUT2D eigenvalue weighted by atomic mass is 9.83. The zero-order valence-corrected chi connectivity index (χ0v) is 27.6. The van der Waals surface area contributed by atoms with Gasteiger partial charge in [0, 0.05) is 50.7 Å². The van der Waals surface area contributed by atoms with Crippen LogP contribution in [-0.4, -0.2) is 132 Å². The molecule has 0 radical (unpaired) electrons. The molecule has 4 amide bonds. The molecule has 2 fully saturated rings. The van der Waals surface area contributed by atoms with Gasteiger partial charge in [0.2, 0.25) is 11.8 Å². The number of hydrogen-bond acceptors (Lipinski definition) is 7. The van der Waals surface area contributed by atoms with E-state index in [1.807, 2.05) is 4.57 Å². The minimum Gasteiger partial charge on any atom is -0.465 e. The van der Waals surface area contributed by atoms with Gasteiger partial charge < -0.3 is 39.4 Å². The van der Waals surface area contributed by atoms with Crippen LogP contribution < -0.4 is 5.32 Å². The largest absolute Gasteiger partial charge is 0.465 e. The molecule has 1 saturated heterocycles. The van der Waals surface area contributed by atoms with Gasteiger partial charge in [-0.05, 0) is 50.8 Å². The molecule has 4 rings (SSSR count). The topological polar surface area (TPSA) is 154 Å². The zero-order chi connectivity index (χ0) is 34.1. The van der Waals surface area contributed by atoms with Crippen molar-refractivity contribution in [3.8, 4) is 0 Å². The van der Waals surface area contributed by atoms with E-state index in [1.165, 1.54) is 14.0 Å². The number of amides is 4. The molecular weight excluding hydrogens is 613 g/mol. The number of likely N-dealkylation sites (N-methyl/N-ethyl adjacent to an activating group) is 1. The summed E-state index contributed by atoms with van der Waals surface area (Å²) in [6, 6.07) is 3.27. The molecular formula is C33H48FN5O8. The van der Waals surface area contributed by atoms with Crippen molar-refractivity contribution in [2.24, 2.45) is 5.92 Å². The van der Waals surface area contributed by atoms with E-state index >= 15 is 4.39 Å². The highest BCUT2D eigenvalue weighted by Crippen LogP contribution is 2.29. The third-order valence-electron chi connectivity index (χ3n) is 9.39. The highest BCUT2D eigenvalue weighted by Gasteiger charge is 2.37. The fourth-order valence-corrected chi connectivity index (χ4v) is 6.38. The number of aliphatic hydroxyl groups excluding tert-OH is 1. The average Bonchev–Trinajstić information content (AvgIpc) is 3.33. The summed E-state index contributed by atoms with van der Waals surface area (Å²) in [5, 5.41) is 21.3. The SMILES string of the molecule is Cc1c(F)c2cc(C(=O)N3CCN(C(=O)[C@@H](NC(=O)[C@H](C)N(C)C(=O)O)C4CCCCC4)CC3)ccc2n1CCOCCOCCO. The van der Waals surface area contributed by atoms with Crippen molar-refractivity contribution < 1.29 is 43.3 Å². The van der Waals surface area contributed by atoms with Gasteiger partial charge in [-0.25, -0.2) is 9.18 Å². The molecule has 0 spiro atoms. The number of carbonyl (C=O) groups is 4. The number of rotatable bonds is 14. The zero-order valence-electron chi connectivity index (χ0n) is 27.6. The van der Waals surface area contributed by atoms with Gasteiger partial charge in [-0.1, -0.05) is 19.3 Å². The van der Waals surface area contributed by atoms with Gasteiger partial charge in [0.25, 0.3) is 5.91 Å². The summed E-state index contributed by atoms with van der Waals surface area (Å²) in [7, 11) is 1.32. The van der Waals surface area contributed by atoms with Crippen molar-refractivity contribution in [2.45, 2.75) is 64.6 Å². The summed E-state index contributed by atoms with van der Waals surface area (Å²) < 4.78 is 27.9. The number of carboxylic acid groups (broad SMARTS) is 1. The van der Waals surface area contributed by atoms with Gasteiger partial charge in [0.05, 0.1) is 44.2 Å². The molecule has 47 heavy (non-hydrogen) atoms. The number of nitrogens with one attached hydrogen (secondary N) is 1. The summed E-state index contributed by atoms with van der Waals surface area (Å²) in [6.45, 7) is 6.00. The van der Waals surface area contributed by atoms with Gasteiger partial charge in [-0.2, -0.15) is 0 Å². The van der Waals surface area contributed by atoms with Crippen LogP contribution in [0.2, 0.25) is 0 Å². The van der Waals surface area contributed by atoms with Crippen LogP contribution in [-0.2, 0) is 25.6 Å². The molecule has 14 heteroatoms. The second kappa shape index (κ2) is 16.9. The minimum atomic E-state index is -1.23. The van der Waals surface area contributed by atoms with Gasteiger partial charge in [-0.3, -0.25) is 19.3 Å². The number of nitrogens with zero attached hydrogens (tertiary/aromatic N) is 4. The number of aliphatic hydroxyl groups is 1. The van der Waals surface area contributed by atoms with Crippen molar-refractivity contribution in [3.63, 3.8) is 0 Å². The Labute approximate surface area is 274 Å². The first kappa shape index (κ1) is 36.1. The van der Waals surface area contributed by atoms with E-state index in [2.05, 4.69) is 5.32 Å². The predicted molar refractivity (Wildman–Crippen MR) is 172 cm³/mol. The van der Waals surface area contributed by atoms with E-state index in [0.717, 1.165) is 37.0 Å². The average molecular weight is 662 g/mol. The van der Waals surface area contributed by atoms with Crippen LogP contribution in [0.4, 0.5) is 9.18 Å². The van der Waals surface area contributed by atoms with Crippen molar-refractivity contribution in [1.82, 2.24) is 24.6 Å². The van der Waals surface area contributed by atoms with Gasteiger partial charge >= 0.3 is 6.09 Å². The van der Waals surface area contributed by atoms with Crippen LogP contribution in [0.1, 0.15) is 55.1 Å². The molecule has 2 aromatic rings. The second-order valence-corrected chi connectivity index (χ2v) is 12.3. The Bertz CT molecular complexity index is 1400.